The zero-order valence-electron chi connectivity index (χ0n) is 8.99. The number of hydrogen-bond acceptors (Lipinski definition) is 2. The lowest BCUT2D eigenvalue weighted by molar-refractivity contribution is 0.147. The van der Waals surface area contributed by atoms with Crippen LogP contribution in [0.15, 0.2) is 18.2 Å². The van der Waals surface area contributed by atoms with Gasteiger partial charge in [-0.3, -0.25) is 0 Å². The van der Waals surface area contributed by atoms with Crippen LogP contribution in [0.25, 0.3) is 0 Å². The van der Waals surface area contributed by atoms with Crippen LogP contribution in [0.5, 0.6) is 5.75 Å². The third kappa shape index (κ3) is 2.48. The first-order valence-corrected chi connectivity index (χ1v) is 4.99. The van der Waals surface area contributed by atoms with Gasteiger partial charge in [0.15, 0.2) is 0 Å². The lowest BCUT2D eigenvalue weighted by atomic mass is 9.95. The van der Waals surface area contributed by atoms with Crippen LogP contribution in [0, 0.1) is 12.8 Å². The highest BCUT2D eigenvalue weighted by atomic mass is 16.3. The highest BCUT2D eigenvalue weighted by Gasteiger charge is 2.15. The average molecular weight is 194 g/mol. The van der Waals surface area contributed by atoms with Crippen molar-refractivity contribution in [1.82, 2.24) is 0 Å². The third-order valence-electron chi connectivity index (χ3n) is 2.33. The molecule has 1 atom stereocenters. The minimum atomic E-state index is -0.559. The van der Waals surface area contributed by atoms with Crippen LogP contribution < -0.4 is 0 Å². The summed E-state index contributed by atoms with van der Waals surface area (Å²) in [5.74, 6) is 0.613. The zero-order chi connectivity index (χ0) is 10.7. The van der Waals surface area contributed by atoms with E-state index in [2.05, 4.69) is 13.8 Å². The fraction of sp³-hybridized carbons (Fsp3) is 0.500. The minimum absolute atomic E-state index is 0.193. The van der Waals surface area contributed by atoms with E-state index in [0.717, 1.165) is 5.56 Å². The lowest BCUT2D eigenvalue weighted by Crippen LogP contribution is -2.04. The number of aryl methyl sites for hydroxylation is 1. The van der Waals surface area contributed by atoms with Gasteiger partial charge in [0.05, 0.1) is 6.10 Å². The normalized spacial score (nSPS) is 13.2. The molecular weight excluding hydrogens is 176 g/mol. The van der Waals surface area contributed by atoms with Crippen LogP contribution in [0.1, 0.15) is 37.5 Å². The molecule has 0 spiro atoms. The Bertz CT molecular complexity index is 285. The summed E-state index contributed by atoms with van der Waals surface area (Å²) >= 11 is 0. The summed E-state index contributed by atoms with van der Waals surface area (Å²) in [6, 6.07) is 5.31. The van der Waals surface area contributed by atoms with Gasteiger partial charge in [-0.05, 0) is 30.9 Å². The van der Waals surface area contributed by atoms with Crippen molar-refractivity contribution in [2.45, 2.75) is 33.3 Å². The van der Waals surface area contributed by atoms with Gasteiger partial charge in [0.1, 0.15) is 5.75 Å². The van der Waals surface area contributed by atoms with Crippen molar-refractivity contribution >= 4 is 0 Å². The van der Waals surface area contributed by atoms with E-state index in [1.54, 1.807) is 12.1 Å². The molecule has 1 aromatic carbocycles. The Morgan fingerprint density at radius 2 is 1.93 bits per heavy atom. The van der Waals surface area contributed by atoms with Crippen LogP contribution >= 0.6 is 0 Å². The molecule has 0 amide bonds. The number of aromatic hydroxyl groups is 1. The number of hydrogen-bond donors (Lipinski definition) is 2. The SMILES string of the molecule is Cc1cccc(O)c1C(O)CC(C)C. The van der Waals surface area contributed by atoms with Crippen LogP contribution in [-0.4, -0.2) is 10.2 Å². The van der Waals surface area contributed by atoms with Gasteiger partial charge in [-0.15, -0.1) is 0 Å². The number of benzene rings is 1. The molecule has 0 aliphatic heterocycles. The standard InChI is InChI=1S/C12H18O2/c1-8(2)7-11(14)12-9(3)5-4-6-10(12)13/h4-6,8,11,13-14H,7H2,1-3H3. The Morgan fingerprint density at radius 3 is 2.43 bits per heavy atom. The van der Waals surface area contributed by atoms with Gasteiger partial charge in [0.25, 0.3) is 0 Å². The van der Waals surface area contributed by atoms with Gasteiger partial charge in [0.2, 0.25) is 0 Å². The Hall–Kier alpha value is -1.02. The molecule has 1 unspecified atom stereocenters. The van der Waals surface area contributed by atoms with Gasteiger partial charge < -0.3 is 10.2 Å². The van der Waals surface area contributed by atoms with Gasteiger partial charge in [-0.25, -0.2) is 0 Å². The Balaban J connectivity index is 2.94. The maximum atomic E-state index is 9.89. The fourth-order valence-electron chi connectivity index (χ4n) is 1.66. The molecule has 2 heteroatoms. The second-order valence-corrected chi connectivity index (χ2v) is 4.15. The molecule has 2 N–H and O–H groups in total. The summed E-state index contributed by atoms with van der Waals surface area (Å²) in [5, 5.41) is 19.5. The van der Waals surface area contributed by atoms with E-state index in [4.69, 9.17) is 0 Å². The van der Waals surface area contributed by atoms with E-state index in [1.165, 1.54) is 0 Å². The molecule has 0 aromatic heterocycles. The van der Waals surface area contributed by atoms with Crippen molar-refractivity contribution in [1.29, 1.82) is 0 Å². The number of aliphatic hydroxyl groups excluding tert-OH is 1. The molecule has 0 fully saturated rings. The van der Waals surface area contributed by atoms with Crippen LogP contribution in [-0.2, 0) is 0 Å². The molecule has 0 saturated carbocycles. The summed E-state index contributed by atoms with van der Waals surface area (Å²) < 4.78 is 0. The van der Waals surface area contributed by atoms with Crippen molar-refractivity contribution < 1.29 is 10.2 Å². The molecule has 1 aromatic rings. The molecule has 0 saturated heterocycles. The second-order valence-electron chi connectivity index (χ2n) is 4.15. The van der Waals surface area contributed by atoms with E-state index in [0.29, 0.717) is 17.9 Å². The van der Waals surface area contributed by atoms with Gasteiger partial charge in [-0.1, -0.05) is 26.0 Å². The zero-order valence-corrected chi connectivity index (χ0v) is 8.99. The van der Waals surface area contributed by atoms with Crippen molar-refractivity contribution in [3.63, 3.8) is 0 Å². The quantitative estimate of drug-likeness (QED) is 0.776. The molecule has 1 rings (SSSR count). The maximum Gasteiger partial charge on any atom is 0.121 e. The fourth-order valence-corrected chi connectivity index (χ4v) is 1.66. The van der Waals surface area contributed by atoms with E-state index in [1.807, 2.05) is 13.0 Å². The molecule has 0 bridgehead atoms. The Labute approximate surface area is 85.2 Å². The maximum absolute atomic E-state index is 9.89. The van der Waals surface area contributed by atoms with Crippen molar-refractivity contribution in [2.24, 2.45) is 5.92 Å². The molecule has 2 nitrogen and oxygen atoms in total. The molecule has 78 valence electrons. The first kappa shape index (κ1) is 11.1. The monoisotopic (exact) mass is 194 g/mol. The predicted octanol–water partition coefficient (Wildman–Crippen LogP) is 2.78. The number of rotatable bonds is 3. The van der Waals surface area contributed by atoms with E-state index < -0.39 is 6.10 Å². The molecule has 0 aliphatic carbocycles. The van der Waals surface area contributed by atoms with Crippen LogP contribution in [0.2, 0.25) is 0 Å². The summed E-state index contributed by atoms with van der Waals surface area (Å²) in [7, 11) is 0. The lowest BCUT2D eigenvalue weighted by Gasteiger charge is -2.16. The molecule has 0 heterocycles. The third-order valence-corrected chi connectivity index (χ3v) is 2.33. The second kappa shape index (κ2) is 4.47. The van der Waals surface area contributed by atoms with Crippen molar-refractivity contribution in [2.75, 3.05) is 0 Å². The van der Waals surface area contributed by atoms with Crippen molar-refractivity contribution in [3.05, 3.63) is 29.3 Å². The molecule has 0 radical (unpaired) electrons. The van der Waals surface area contributed by atoms with Gasteiger partial charge in [-0.2, -0.15) is 0 Å². The average Bonchev–Trinajstić information content (AvgIpc) is 2.01. The van der Waals surface area contributed by atoms with Crippen molar-refractivity contribution in [3.8, 4) is 5.75 Å². The number of phenols is 1. The van der Waals surface area contributed by atoms with Crippen LogP contribution in [0.4, 0.5) is 0 Å². The highest BCUT2D eigenvalue weighted by Crippen LogP contribution is 2.30. The summed E-state index contributed by atoms with van der Waals surface area (Å²) in [6.45, 7) is 6.01. The van der Waals surface area contributed by atoms with E-state index in [9.17, 15) is 10.2 Å². The topological polar surface area (TPSA) is 40.5 Å². The minimum Gasteiger partial charge on any atom is -0.508 e. The predicted molar refractivity (Wildman–Crippen MR) is 57.3 cm³/mol. The molecule has 0 aliphatic rings. The number of phenolic OH excluding ortho intramolecular Hbond substituents is 1. The smallest absolute Gasteiger partial charge is 0.121 e. The summed E-state index contributed by atoms with van der Waals surface area (Å²) in [5.41, 5.74) is 1.61. The summed E-state index contributed by atoms with van der Waals surface area (Å²) in [4.78, 5) is 0. The van der Waals surface area contributed by atoms with Gasteiger partial charge >= 0.3 is 0 Å². The largest absolute Gasteiger partial charge is 0.508 e. The van der Waals surface area contributed by atoms with Crippen LogP contribution in [0.3, 0.4) is 0 Å². The first-order chi connectivity index (χ1) is 6.52. The van der Waals surface area contributed by atoms with E-state index in [-0.39, 0.29) is 5.75 Å². The Kier molecular flexibility index (Phi) is 3.53. The first-order valence-electron chi connectivity index (χ1n) is 4.99. The number of aliphatic hydroxyl groups is 1. The Morgan fingerprint density at radius 1 is 1.29 bits per heavy atom. The van der Waals surface area contributed by atoms with Gasteiger partial charge in [0, 0.05) is 5.56 Å². The summed E-state index contributed by atoms with van der Waals surface area (Å²) in [6.07, 6.45) is 0.120. The molecule has 14 heavy (non-hydrogen) atoms. The van der Waals surface area contributed by atoms with E-state index >= 15 is 0 Å². The highest BCUT2D eigenvalue weighted by molar-refractivity contribution is 5.40. The molecular formula is C12H18O2.